The largest absolute Gasteiger partial charge is 0.263 e. The molecule has 0 unspecified atom stereocenters. The zero-order chi connectivity index (χ0) is 14.2. The van der Waals surface area contributed by atoms with Crippen molar-refractivity contribution in [2.24, 2.45) is 13.0 Å². The van der Waals surface area contributed by atoms with Crippen LogP contribution in [0.5, 0.6) is 0 Å². The molecule has 0 spiro atoms. The van der Waals surface area contributed by atoms with Crippen molar-refractivity contribution in [1.29, 1.82) is 0 Å². The molecule has 0 amide bonds. The van der Waals surface area contributed by atoms with E-state index in [1.807, 2.05) is 0 Å². The quantitative estimate of drug-likeness (QED) is 0.833. The molecular formula is C11H19BrN4O2S. The van der Waals surface area contributed by atoms with Crippen LogP contribution in [0, 0.1) is 5.92 Å². The third kappa shape index (κ3) is 2.85. The van der Waals surface area contributed by atoms with E-state index in [1.165, 1.54) is 8.99 Å². The molecule has 0 bridgehead atoms. The van der Waals surface area contributed by atoms with Crippen molar-refractivity contribution in [3.8, 4) is 0 Å². The molecule has 1 saturated carbocycles. The van der Waals surface area contributed by atoms with Gasteiger partial charge >= 0.3 is 0 Å². The van der Waals surface area contributed by atoms with E-state index in [-0.39, 0.29) is 15.7 Å². The van der Waals surface area contributed by atoms with Crippen molar-refractivity contribution in [1.82, 2.24) is 19.3 Å². The summed E-state index contributed by atoms with van der Waals surface area (Å²) in [7, 11) is -0.317. The summed E-state index contributed by atoms with van der Waals surface area (Å²) >= 11 is 3.15. The zero-order valence-corrected chi connectivity index (χ0v) is 13.8. The molecule has 1 aromatic rings. The Labute approximate surface area is 122 Å². The first-order valence-electron chi connectivity index (χ1n) is 6.37. The lowest BCUT2D eigenvalue weighted by Crippen LogP contribution is -2.40. The molecule has 0 atom stereocenters. The van der Waals surface area contributed by atoms with E-state index >= 15 is 0 Å². The molecule has 6 nitrogen and oxygen atoms in total. The Hall–Kier alpha value is -0.470. The third-order valence-electron chi connectivity index (χ3n) is 3.86. The molecule has 1 aliphatic carbocycles. The predicted molar refractivity (Wildman–Crippen MR) is 75.1 cm³/mol. The van der Waals surface area contributed by atoms with Gasteiger partial charge in [0.2, 0.25) is 5.03 Å². The fourth-order valence-electron chi connectivity index (χ4n) is 2.54. The van der Waals surface area contributed by atoms with Crippen molar-refractivity contribution in [3.05, 3.63) is 4.60 Å². The van der Waals surface area contributed by atoms with Crippen LogP contribution in [0.15, 0.2) is 9.63 Å². The Morgan fingerprint density at radius 3 is 2.37 bits per heavy atom. The van der Waals surface area contributed by atoms with E-state index in [0.29, 0.717) is 5.92 Å². The Morgan fingerprint density at radius 2 is 1.89 bits per heavy atom. The molecular weight excluding hydrogens is 332 g/mol. The first-order valence-corrected chi connectivity index (χ1v) is 8.60. The number of hydrogen-bond acceptors (Lipinski definition) is 4. The first-order chi connectivity index (χ1) is 8.84. The second-order valence-corrected chi connectivity index (χ2v) is 7.91. The van der Waals surface area contributed by atoms with Gasteiger partial charge in [0, 0.05) is 20.1 Å². The standard InChI is InChI=1S/C11H19BrN4O2S/c1-8-4-6-9(7-5-8)16(3)19(17,18)11-10(12)13-14-15(11)2/h8-9H,4-7H2,1-3H3. The van der Waals surface area contributed by atoms with Crippen molar-refractivity contribution in [2.45, 2.75) is 43.7 Å². The minimum absolute atomic E-state index is 0.0722. The highest BCUT2D eigenvalue weighted by Crippen LogP contribution is 2.30. The highest BCUT2D eigenvalue weighted by atomic mass is 79.9. The molecule has 2 rings (SSSR count). The van der Waals surface area contributed by atoms with Gasteiger partial charge in [-0.05, 0) is 47.5 Å². The Kier molecular flexibility index (Phi) is 4.32. The van der Waals surface area contributed by atoms with Gasteiger partial charge in [0.25, 0.3) is 10.0 Å². The number of aromatic nitrogens is 3. The van der Waals surface area contributed by atoms with Crippen LogP contribution < -0.4 is 0 Å². The number of halogens is 1. The van der Waals surface area contributed by atoms with Gasteiger partial charge in [0.05, 0.1) is 0 Å². The minimum Gasteiger partial charge on any atom is -0.235 e. The minimum atomic E-state index is -3.55. The van der Waals surface area contributed by atoms with E-state index in [1.54, 1.807) is 14.1 Å². The summed E-state index contributed by atoms with van der Waals surface area (Å²) in [6, 6.07) is 0.0722. The number of aryl methyl sites for hydroxylation is 1. The number of hydrogen-bond donors (Lipinski definition) is 0. The summed E-state index contributed by atoms with van der Waals surface area (Å²) in [6.45, 7) is 2.21. The van der Waals surface area contributed by atoms with Crippen LogP contribution in [-0.4, -0.2) is 40.8 Å². The van der Waals surface area contributed by atoms with Gasteiger partial charge in [0.1, 0.15) is 0 Å². The maximum absolute atomic E-state index is 12.6. The lowest BCUT2D eigenvalue weighted by molar-refractivity contribution is 0.245. The van der Waals surface area contributed by atoms with E-state index in [9.17, 15) is 8.42 Å². The molecule has 1 aliphatic rings. The van der Waals surface area contributed by atoms with Gasteiger partial charge in [-0.2, -0.15) is 4.31 Å². The van der Waals surface area contributed by atoms with E-state index in [2.05, 4.69) is 33.2 Å². The SMILES string of the molecule is CC1CCC(N(C)S(=O)(=O)c2c(Br)nnn2C)CC1. The molecule has 0 aromatic carbocycles. The van der Waals surface area contributed by atoms with Gasteiger partial charge < -0.3 is 0 Å². The van der Waals surface area contributed by atoms with Crippen molar-refractivity contribution in [3.63, 3.8) is 0 Å². The van der Waals surface area contributed by atoms with Crippen LogP contribution in [0.3, 0.4) is 0 Å². The van der Waals surface area contributed by atoms with Crippen LogP contribution in [-0.2, 0) is 17.1 Å². The summed E-state index contributed by atoms with van der Waals surface area (Å²) < 4.78 is 28.3. The summed E-state index contributed by atoms with van der Waals surface area (Å²) in [5, 5.41) is 7.60. The molecule has 108 valence electrons. The highest BCUT2D eigenvalue weighted by molar-refractivity contribution is 9.10. The monoisotopic (exact) mass is 350 g/mol. The number of sulfonamides is 1. The van der Waals surface area contributed by atoms with E-state index in [4.69, 9.17) is 0 Å². The smallest absolute Gasteiger partial charge is 0.235 e. The summed E-state index contributed by atoms with van der Waals surface area (Å²) in [4.78, 5) is 0. The molecule has 0 radical (unpaired) electrons. The van der Waals surface area contributed by atoms with Gasteiger partial charge in [-0.1, -0.05) is 12.1 Å². The molecule has 8 heteroatoms. The average Bonchev–Trinajstić information content (AvgIpc) is 2.69. The second-order valence-electron chi connectivity index (χ2n) is 5.24. The van der Waals surface area contributed by atoms with Gasteiger partial charge in [-0.3, -0.25) is 0 Å². The fourth-order valence-corrected chi connectivity index (χ4v) is 4.98. The molecule has 1 aromatic heterocycles. The summed E-state index contributed by atoms with van der Waals surface area (Å²) in [5.74, 6) is 0.692. The highest BCUT2D eigenvalue weighted by Gasteiger charge is 2.34. The third-order valence-corrected chi connectivity index (χ3v) is 6.66. The first kappa shape index (κ1) is 14.9. The van der Waals surface area contributed by atoms with Gasteiger partial charge in [-0.15, -0.1) is 5.10 Å². The fraction of sp³-hybridized carbons (Fsp3) is 0.818. The lowest BCUT2D eigenvalue weighted by atomic mass is 9.87. The second kappa shape index (κ2) is 5.49. The van der Waals surface area contributed by atoms with E-state index < -0.39 is 10.0 Å². The Morgan fingerprint density at radius 1 is 1.32 bits per heavy atom. The van der Waals surface area contributed by atoms with Crippen LogP contribution in [0.2, 0.25) is 0 Å². The predicted octanol–water partition coefficient (Wildman–Crippen LogP) is 1.78. The Balaban J connectivity index is 2.25. The van der Waals surface area contributed by atoms with Crippen molar-refractivity contribution < 1.29 is 8.42 Å². The van der Waals surface area contributed by atoms with Crippen LogP contribution >= 0.6 is 15.9 Å². The summed E-state index contributed by atoms with van der Waals surface area (Å²) in [6.07, 6.45) is 3.99. The molecule has 19 heavy (non-hydrogen) atoms. The van der Waals surface area contributed by atoms with Crippen LogP contribution in [0.1, 0.15) is 32.6 Å². The Bertz CT molecular complexity index is 530. The van der Waals surface area contributed by atoms with Crippen LogP contribution in [0.25, 0.3) is 0 Å². The van der Waals surface area contributed by atoms with Gasteiger partial charge in [0.15, 0.2) is 4.60 Å². The van der Waals surface area contributed by atoms with Crippen molar-refractivity contribution >= 4 is 26.0 Å². The molecule has 0 N–H and O–H groups in total. The number of nitrogens with zero attached hydrogens (tertiary/aromatic N) is 4. The van der Waals surface area contributed by atoms with Crippen LogP contribution in [0.4, 0.5) is 0 Å². The maximum Gasteiger partial charge on any atom is 0.263 e. The molecule has 1 heterocycles. The summed E-state index contributed by atoms with van der Waals surface area (Å²) in [5.41, 5.74) is 0. The topological polar surface area (TPSA) is 68.1 Å². The molecule has 1 fully saturated rings. The molecule has 0 aliphatic heterocycles. The normalized spacial score (nSPS) is 24.9. The molecule has 0 saturated heterocycles. The van der Waals surface area contributed by atoms with Crippen molar-refractivity contribution in [2.75, 3.05) is 7.05 Å². The average molecular weight is 351 g/mol. The van der Waals surface area contributed by atoms with E-state index in [0.717, 1.165) is 25.7 Å². The zero-order valence-electron chi connectivity index (χ0n) is 11.4. The van der Waals surface area contributed by atoms with Gasteiger partial charge in [-0.25, -0.2) is 13.1 Å². The number of rotatable bonds is 3. The maximum atomic E-state index is 12.6. The lowest BCUT2D eigenvalue weighted by Gasteiger charge is -2.32.